The summed E-state index contributed by atoms with van der Waals surface area (Å²) >= 11 is 0. The summed E-state index contributed by atoms with van der Waals surface area (Å²) in [5.74, 6) is 0.609. The highest BCUT2D eigenvalue weighted by Crippen LogP contribution is 2.18. The highest BCUT2D eigenvalue weighted by atomic mass is 16.2. The SMILES string of the molecule is C[C@@H]1CN(C(=O)NC2CCN(Cc3ccccc3)CC2)CCN1c1ncc(C#N)cn1. The van der Waals surface area contributed by atoms with Crippen molar-refractivity contribution < 1.29 is 4.79 Å². The molecule has 4 rings (SSSR count). The van der Waals surface area contributed by atoms with Gasteiger partial charge in [0.2, 0.25) is 5.95 Å². The quantitative estimate of drug-likeness (QED) is 0.818. The standard InChI is InChI=1S/C23H29N7O/c1-18-16-29(11-12-30(18)22-25-14-20(13-24)15-26-22)23(31)27-21-7-9-28(10-8-21)17-19-5-3-2-4-6-19/h2-6,14-15,18,21H,7-12,16-17H2,1H3,(H,27,31)/t18-/m1/s1. The van der Waals surface area contributed by atoms with E-state index in [1.165, 1.54) is 18.0 Å². The van der Waals surface area contributed by atoms with Gasteiger partial charge in [0, 0.05) is 51.4 Å². The van der Waals surface area contributed by atoms with Crippen LogP contribution >= 0.6 is 0 Å². The van der Waals surface area contributed by atoms with Gasteiger partial charge in [-0.05, 0) is 25.3 Å². The smallest absolute Gasteiger partial charge is 0.317 e. The van der Waals surface area contributed by atoms with Crippen molar-refractivity contribution in [2.45, 2.75) is 38.4 Å². The number of urea groups is 1. The van der Waals surface area contributed by atoms with Crippen LogP contribution in [0.1, 0.15) is 30.9 Å². The Balaban J connectivity index is 1.23. The van der Waals surface area contributed by atoms with Gasteiger partial charge < -0.3 is 15.1 Å². The Bertz CT molecular complexity index is 904. The molecule has 8 nitrogen and oxygen atoms in total. The number of piperazine rings is 1. The maximum absolute atomic E-state index is 12.8. The highest BCUT2D eigenvalue weighted by Gasteiger charge is 2.30. The van der Waals surface area contributed by atoms with E-state index in [9.17, 15) is 4.79 Å². The Labute approximate surface area is 183 Å². The molecule has 1 atom stereocenters. The largest absolute Gasteiger partial charge is 0.335 e. The summed E-state index contributed by atoms with van der Waals surface area (Å²) in [6, 6.07) is 12.9. The zero-order valence-corrected chi connectivity index (χ0v) is 17.9. The van der Waals surface area contributed by atoms with Gasteiger partial charge in [-0.15, -0.1) is 0 Å². The van der Waals surface area contributed by atoms with E-state index < -0.39 is 0 Å². The molecule has 2 fully saturated rings. The number of nitrogens with one attached hydrogen (secondary N) is 1. The molecule has 2 amide bonds. The highest BCUT2D eigenvalue weighted by molar-refractivity contribution is 5.75. The van der Waals surface area contributed by atoms with Crippen molar-refractivity contribution in [1.82, 2.24) is 25.1 Å². The fraction of sp³-hybridized carbons (Fsp3) is 0.478. The summed E-state index contributed by atoms with van der Waals surface area (Å²) in [7, 11) is 0. The second-order valence-corrected chi connectivity index (χ2v) is 8.36. The Hall–Kier alpha value is -3.18. The van der Waals surface area contributed by atoms with Crippen molar-refractivity contribution in [3.63, 3.8) is 0 Å². The number of anilines is 1. The molecule has 0 radical (unpaired) electrons. The molecule has 31 heavy (non-hydrogen) atoms. The van der Waals surface area contributed by atoms with Gasteiger partial charge >= 0.3 is 6.03 Å². The minimum atomic E-state index is 0.0220. The zero-order chi connectivity index (χ0) is 21.6. The molecule has 2 aliphatic rings. The van der Waals surface area contributed by atoms with E-state index in [1.807, 2.05) is 17.0 Å². The molecule has 2 aromatic rings. The van der Waals surface area contributed by atoms with Crippen LogP contribution in [-0.2, 0) is 6.54 Å². The summed E-state index contributed by atoms with van der Waals surface area (Å²) in [4.78, 5) is 27.8. The molecule has 3 heterocycles. The Kier molecular flexibility index (Phi) is 6.63. The van der Waals surface area contributed by atoms with Gasteiger partial charge in [0.25, 0.3) is 0 Å². The van der Waals surface area contributed by atoms with Crippen LogP contribution in [0.15, 0.2) is 42.7 Å². The second-order valence-electron chi connectivity index (χ2n) is 8.36. The molecule has 1 aromatic carbocycles. The average Bonchev–Trinajstić information content (AvgIpc) is 2.81. The molecule has 0 saturated carbocycles. The summed E-state index contributed by atoms with van der Waals surface area (Å²) in [6.07, 6.45) is 5.04. The van der Waals surface area contributed by atoms with E-state index in [0.717, 1.165) is 32.5 Å². The normalized spacial score (nSPS) is 20.3. The molecule has 8 heteroatoms. The minimum Gasteiger partial charge on any atom is -0.335 e. The monoisotopic (exact) mass is 419 g/mol. The molecule has 0 spiro atoms. The number of amides is 2. The van der Waals surface area contributed by atoms with Crippen LogP contribution in [0.25, 0.3) is 0 Å². The number of benzene rings is 1. The Morgan fingerprint density at radius 1 is 1.13 bits per heavy atom. The molecule has 2 aliphatic heterocycles. The van der Waals surface area contributed by atoms with Crippen LogP contribution in [-0.4, -0.2) is 70.6 Å². The van der Waals surface area contributed by atoms with Crippen molar-refractivity contribution in [3.8, 4) is 6.07 Å². The third kappa shape index (κ3) is 5.30. The van der Waals surface area contributed by atoms with Gasteiger partial charge in [-0.2, -0.15) is 5.26 Å². The van der Waals surface area contributed by atoms with E-state index in [2.05, 4.69) is 56.3 Å². The first-order chi connectivity index (χ1) is 15.1. The van der Waals surface area contributed by atoms with Gasteiger partial charge in [0.1, 0.15) is 6.07 Å². The minimum absolute atomic E-state index is 0.0220. The number of hydrogen-bond acceptors (Lipinski definition) is 6. The first kappa shape index (κ1) is 21.1. The van der Waals surface area contributed by atoms with Crippen LogP contribution < -0.4 is 10.2 Å². The second kappa shape index (κ2) is 9.75. The molecule has 1 aromatic heterocycles. The van der Waals surface area contributed by atoms with Crippen molar-refractivity contribution >= 4 is 12.0 Å². The van der Waals surface area contributed by atoms with Gasteiger partial charge in [-0.25, -0.2) is 14.8 Å². The molecule has 0 unspecified atom stereocenters. The fourth-order valence-electron chi connectivity index (χ4n) is 4.31. The third-order valence-electron chi connectivity index (χ3n) is 6.10. The molecule has 1 N–H and O–H groups in total. The lowest BCUT2D eigenvalue weighted by atomic mass is 10.0. The summed E-state index contributed by atoms with van der Waals surface area (Å²) in [6.45, 7) is 6.98. The predicted octanol–water partition coefficient (Wildman–Crippen LogP) is 2.23. The van der Waals surface area contributed by atoms with Crippen molar-refractivity contribution in [1.29, 1.82) is 5.26 Å². The van der Waals surface area contributed by atoms with Crippen LogP contribution in [0.2, 0.25) is 0 Å². The average molecular weight is 420 g/mol. The summed E-state index contributed by atoms with van der Waals surface area (Å²) < 4.78 is 0. The molecular formula is C23H29N7O. The van der Waals surface area contributed by atoms with Crippen molar-refractivity contribution in [3.05, 3.63) is 53.9 Å². The summed E-state index contributed by atoms with van der Waals surface area (Å²) in [5, 5.41) is 12.1. The zero-order valence-electron chi connectivity index (χ0n) is 17.9. The lowest BCUT2D eigenvalue weighted by Crippen LogP contribution is -2.58. The number of carbonyl (C=O) groups excluding carboxylic acids is 1. The fourth-order valence-corrected chi connectivity index (χ4v) is 4.31. The number of nitriles is 1. The third-order valence-corrected chi connectivity index (χ3v) is 6.10. The number of hydrogen-bond donors (Lipinski definition) is 1. The lowest BCUT2D eigenvalue weighted by Gasteiger charge is -2.40. The van der Waals surface area contributed by atoms with Gasteiger partial charge in [-0.3, -0.25) is 4.90 Å². The van der Waals surface area contributed by atoms with Crippen molar-refractivity contribution in [2.24, 2.45) is 0 Å². The molecule has 2 saturated heterocycles. The van der Waals surface area contributed by atoms with E-state index in [0.29, 0.717) is 31.1 Å². The molecule has 0 aliphatic carbocycles. The number of rotatable bonds is 4. The first-order valence-corrected chi connectivity index (χ1v) is 10.9. The van der Waals surface area contributed by atoms with E-state index in [1.54, 1.807) is 0 Å². The van der Waals surface area contributed by atoms with Crippen LogP contribution in [0.4, 0.5) is 10.7 Å². The van der Waals surface area contributed by atoms with Crippen LogP contribution in [0.5, 0.6) is 0 Å². The lowest BCUT2D eigenvalue weighted by molar-refractivity contribution is 0.162. The maximum Gasteiger partial charge on any atom is 0.317 e. The predicted molar refractivity (Wildman–Crippen MR) is 118 cm³/mol. The molecule has 162 valence electrons. The molecular weight excluding hydrogens is 390 g/mol. The topological polar surface area (TPSA) is 88.4 Å². The number of nitrogens with zero attached hydrogens (tertiary/aromatic N) is 6. The Morgan fingerprint density at radius 3 is 2.48 bits per heavy atom. The number of likely N-dealkylation sites (tertiary alicyclic amines) is 1. The maximum atomic E-state index is 12.8. The van der Waals surface area contributed by atoms with Crippen LogP contribution in [0, 0.1) is 11.3 Å². The number of piperidine rings is 1. The summed E-state index contributed by atoms with van der Waals surface area (Å²) in [5.41, 5.74) is 1.78. The van der Waals surface area contributed by atoms with E-state index in [4.69, 9.17) is 5.26 Å². The van der Waals surface area contributed by atoms with Gasteiger partial charge in [0.15, 0.2) is 0 Å². The van der Waals surface area contributed by atoms with Crippen LogP contribution in [0.3, 0.4) is 0 Å². The van der Waals surface area contributed by atoms with Crippen molar-refractivity contribution in [2.75, 3.05) is 37.6 Å². The van der Waals surface area contributed by atoms with E-state index >= 15 is 0 Å². The van der Waals surface area contributed by atoms with E-state index in [-0.39, 0.29) is 18.1 Å². The number of aromatic nitrogens is 2. The van der Waals surface area contributed by atoms with Gasteiger partial charge in [-0.1, -0.05) is 30.3 Å². The van der Waals surface area contributed by atoms with Gasteiger partial charge in [0.05, 0.1) is 18.0 Å². The Morgan fingerprint density at radius 2 is 1.84 bits per heavy atom. The molecule has 0 bridgehead atoms. The first-order valence-electron chi connectivity index (χ1n) is 10.9. The number of carbonyl (C=O) groups is 1.